The van der Waals surface area contributed by atoms with E-state index in [0.717, 1.165) is 16.8 Å². The van der Waals surface area contributed by atoms with Gasteiger partial charge in [-0.25, -0.2) is 9.97 Å². The number of hydrogen-bond acceptors (Lipinski definition) is 4. The number of ether oxygens (including phenoxy) is 1. The minimum atomic E-state index is -0.336. The van der Waals surface area contributed by atoms with E-state index < -0.39 is 0 Å². The van der Waals surface area contributed by atoms with Crippen LogP contribution >= 0.6 is 0 Å². The van der Waals surface area contributed by atoms with Gasteiger partial charge in [0, 0.05) is 17.9 Å². The summed E-state index contributed by atoms with van der Waals surface area (Å²) in [5.74, 6) is 0.681. The summed E-state index contributed by atoms with van der Waals surface area (Å²) in [6.07, 6.45) is 1.32. The van der Waals surface area contributed by atoms with E-state index in [9.17, 15) is 0 Å². The predicted molar refractivity (Wildman–Crippen MR) is 104 cm³/mol. The van der Waals surface area contributed by atoms with Crippen LogP contribution in [0.3, 0.4) is 0 Å². The van der Waals surface area contributed by atoms with Gasteiger partial charge in [-0.1, -0.05) is 60.7 Å². The first-order valence-electron chi connectivity index (χ1n) is 8.91. The molecule has 0 bridgehead atoms. The number of hydrogen-bond donors (Lipinski definition) is 1. The minimum absolute atomic E-state index is 0.129. The molecule has 1 heterocycles. The standard InChI is InChI=1S/C22H25N3O/c1-16-14-15-24-22(25-16)21(19-12-8-5-9-13-19)26-20(17(2)23-3)18-10-6-4-7-11-18/h4-15,17,20-21,23H,1-3H3/t17-,20+,21+/m1/s1. The Morgan fingerprint density at radius 1 is 0.885 bits per heavy atom. The zero-order valence-corrected chi connectivity index (χ0v) is 15.5. The molecule has 1 aromatic heterocycles. The normalized spacial score (nSPS) is 14.6. The Hall–Kier alpha value is -2.56. The van der Waals surface area contributed by atoms with Crippen molar-refractivity contribution in [2.75, 3.05) is 7.05 Å². The lowest BCUT2D eigenvalue weighted by molar-refractivity contribution is -0.0149. The molecule has 134 valence electrons. The third-order valence-corrected chi connectivity index (χ3v) is 4.47. The number of likely N-dealkylation sites (N-methyl/N-ethyl adjacent to an activating group) is 1. The second kappa shape index (κ2) is 8.70. The molecule has 0 radical (unpaired) electrons. The average Bonchev–Trinajstić information content (AvgIpc) is 2.69. The van der Waals surface area contributed by atoms with Crippen molar-refractivity contribution in [1.29, 1.82) is 0 Å². The SMILES string of the molecule is CN[C@H](C)[C@H](O[C@@H](c1ccccc1)c1nccc(C)n1)c1ccccc1. The van der Waals surface area contributed by atoms with Gasteiger partial charge in [-0.3, -0.25) is 0 Å². The summed E-state index contributed by atoms with van der Waals surface area (Å²) in [6.45, 7) is 4.09. The maximum Gasteiger partial charge on any atom is 0.162 e. The van der Waals surface area contributed by atoms with E-state index in [1.807, 2.05) is 56.4 Å². The Morgan fingerprint density at radius 3 is 2.08 bits per heavy atom. The van der Waals surface area contributed by atoms with Crippen LogP contribution in [-0.2, 0) is 4.74 Å². The molecule has 0 saturated carbocycles. The van der Waals surface area contributed by atoms with Crippen molar-refractivity contribution in [3.63, 3.8) is 0 Å². The van der Waals surface area contributed by atoms with E-state index in [4.69, 9.17) is 4.74 Å². The van der Waals surface area contributed by atoms with Crippen LogP contribution < -0.4 is 5.32 Å². The van der Waals surface area contributed by atoms with E-state index in [-0.39, 0.29) is 18.2 Å². The lowest BCUT2D eigenvalue weighted by Gasteiger charge is -2.29. The number of aromatic nitrogens is 2. The van der Waals surface area contributed by atoms with E-state index >= 15 is 0 Å². The topological polar surface area (TPSA) is 47.0 Å². The first-order valence-corrected chi connectivity index (χ1v) is 8.91. The first-order chi connectivity index (χ1) is 12.7. The summed E-state index contributed by atoms with van der Waals surface area (Å²) < 4.78 is 6.63. The quantitative estimate of drug-likeness (QED) is 0.694. The fourth-order valence-electron chi connectivity index (χ4n) is 2.94. The lowest BCUT2D eigenvalue weighted by Crippen LogP contribution is -2.32. The summed E-state index contributed by atoms with van der Waals surface area (Å²) >= 11 is 0. The Balaban J connectivity index is 2.00. The molecule has 4 heteroatoms. The molecule has 0 fully saturated rings. The molecule has 0 saturated heterocycles. The summed E-state index contributed by atoms with van der Waals surface area (Å²) in [5, 5.41) is 3.32. The van der Waals surface area contributed by atoms with Crippen LogP contribution in [0.5, 0.6) is 0 Å². The molecule has 0 spiro atoms. The molecule has 26 heavy (non-hydrogen) atoms. The maximum absolute atomic E-state index is 6.63. The number of benzene rings is 2. The first kappa shape index (κ1) is 18.2. The molecular formula is C22H25N3O. The Labute approximate surface area is 155 Å². The molecule has 0 aliphatic heterocycles. The third kappa shape index (κ3) is 4.34. The molecule has 3 aromatic rings. The zero-order chi connectivity index (χ0) is 18.4. The summed E-state index contributed by atoms with van der Waals surface area (Å²) in [6, 6.07) is 22.5. The smallest absolute Gasteiger partial charge is 0.162 e. The number of nitrogens with one attached hydrogen (secondary N) is 1. The van der Waals surface area contributed by atoms with Crippen LogP contribution in [0, 0.1) is 6.92 Å². The van der Waals surface area contributed by atoms with E-state index in [1.54, 1.807) is 6.20 Å². The number of aryl methyl sites for hydroxylation is 1. The van der Waals surface area contributed by atoms with Crippen LogP contribution in [0.2, 0.25) is 0 Å². The minimum Gasteiger partial charge on any atom is -0.356 e. The van der Waals surface area contributed by atoms with Crippen LogP contribution in [-0.4, -0.2) is 23.1 Å². The molecule has 0 aliphatic rings. The highest BCUT2D eigenvalue weighted by molar-refractivity contribution is 5.25. The van der Waals surface area contributed by atoms with Gasteiger partial charge in [-0.2, -0.15) is 0 Å². The highest BCUT2D eigenvalue weighted by Crippen LogP contribution is 2.32. The largest absolute Gasteiger partial charge is 0.356 e. The predicted octanol–water partition coefficient (Wildman–Crippen LogP) is 4.24. The van der Waals surface area contributed by atoms with E-state index in [2.05, 4.69) is 46.5 Å². The van der Waals surface area contributed by atoms with Crippen molar-refractivity contribution >= 4 is 0 Å². The number of nitrogens with zero attached hydrogens (tertiary/aromatic N) is 2. The fraction of sp³-hybridized carbons (Fsp3) is 0.273. The molecule has 4 nitrogen and oxygen atoms in total. The molecular weight excluding hydrogens is 322 g/mol. The summed E-state index contributed by atoms with van der Waals surface area (Å²) in [7, 11) is 1.95. The third-order valence-electron chi connectivity index (χ3n) is 4.47. The molecule has 0 aliphatic carbocycles. The van der Waals surface area contributed by atoms with Gasteiger partial charge in [0.1, 0.15) is 6.10 Å². The van der Waals surface area contributed by atoms with Gasteiger partial charge in [0.15, 0.2) is 5.82 Å². The van der Waals surface area contributed by atoms with Crippen molar-refractivity contribution in [2.24, 2.45) is 0 Å². The van der Waals surface area contributed by atoms with Crippen LogP contribution in [0.1, 0.15) is 41.8 Å². The van der Waals surface area contributed by atoms with Gasteiger partial charge in [-0.05, 0) is 38.1 Å². The molecule has 3 atom stereocenters. The van der Waals surface area contributed by atoms with Crippen molar-refractivity contribution in [2.45, 2.75) is 32.1 Å². The van der Waals surface area contributed by atoms with E-state index in [1.165, 1.54) is 0 Å². The average molecular weight is 347 g/mol. The zero-order valence-electron chi connectivity index (χ0n) is 15.5. The van der Waals surface area contributed by atoms with Crippen molar-refractivity contribution in [1.82, 2.24) is 15.3 Å². The molecule has 2 aromatic carbocycles. The van der Waals surface area contributed by atoms with Gasteiger partial charge >= 0.3 is 0 Å². The molecule has 0 unspecified atom stereocenters. The van der Waals surface area contributed by atoms with Crippen LogP contribution in [0.25, 0.3) is 0 Å². The highest BCUT2D eigenvalue weighted by Gasteiger charge is 2.27. The van der Waals surface area contributed by atoms with Crippen molar-refractivity contribution < 1.29 is 4.74 Å². The van der Waals surface area contributed by atoms with Gasteiger partial charge in [0.2, 0.25) is 0 Å². The molecule has 3 rings (SSSR count). The van der Waals surface area contributed by atoms with Gasteiger partial charge in [0.25, 0.3) is 0 Å². The van der Waals surface area contributed by atoms with E-state index in [0.29, 0.717) is 5.82 Å². The fourth-order valence-corrected chi connectivity index (χ4v) is 2.94. The van der Waals surface area contributed by atoms with Crippen LogP contribution in [0.4, 0.5) is 0 Å². The summed E-state index contributed by atoms with van der Waals surface area (Å²) in [4.78, 5) is 9.12. The maximum atomic E-state index is 6.63. The second-order valence-electron chi connectivity index (χ2n) is 6.39. The van der Waals surface area contributed by atoms with Gasteiger partial charge in [-0.15, -0.1) is 0 Å². The highest BCUT2D eigenvalue weighted by atomic mass is 16.5. The molecule has 0 amide bonds. The van der Waals surface area contributed by atoms with Gasteiger partial charge in [0.05, 0.1) is 6.10 Å². The Morgan fingerprint density at radius 2 is 1.50 bits per heavy atom. The van der Waals surface area contributed by atoms with Crippen molar-refractivity contribution in [3.8, 4) is 0 Å². The van der Waals surface area contributed by atoms with Crippen molar-refractivity contribution in [3.05, 3.63) is 95.6 Å². The number of rotatable bonds is 7. The Bertz CT molecular complexity index is 808. The monoisotopic (exact) mass is 347 g/mol. The molecule has 1 N–H and O–H groups in total. The lowest BCUT2D eigenvalue weighted by atomic mass is 10.0. The van der Waals surface area contributed by atoms with Crippen LogP contribution in [0.15, 0.2) is 72.9 Å². The summed E-state index contributed by atoms with van der Waals surface area (Å²) in [5.41, 5.74) is 3.10. The van der Waals surface area contributed by atoms with Gasteiger partial charge < -0.3 is 10.1 Å². The second-order valence-corrected chi connectivity index (χ2v) is 6.39. The Kier molecular flexibility index (Phi) is 6.10.